The van der Waals surface area contributed by atoms with Crippen LogP contribution in [0.5, 0.6) is 0 Å². The van der Waals surface area contributed by atoms with Crippen molar-refractivity contribution in [2.24, 2.45) is 0 Å². The van der Waals surface area contributed by atoms with E-state index in [1.165, 1.54) is 0 Å². The van der Waals surface area contributed by atoms with Crippen LogP contribution >= 0.6 is 0 Å². The third-order valence-electron chi connectivity index (χ3n) is 6.33. The third kappa shape index (κ3) is 5.48. The highest BCUT2D eigenvalue weighted by Gasteiger charge is 2.20. The van der Waals surface area contributed by atoms with Crippen molar-refractivity contribution in [2.45, 2.75) is 39.8 Å². The predicted molar refractivity (Wildman–Crippen MR) is 145 cm³/mol. The van der Waals surface area contributed by atoms with Crippen molar-refractivity contribution in [3.63, 3.8) is 0 Å². The van der Waals surface area contributed by atoms with Crippen LogP contribution in [0.2, 0.25) is 0 Å². The zero-order chi connectivity index (χ0) is 25.9. The van der Waals surface area contributed by atoms with Gasteiger partial charge in [0.25, 0.3) is 0 Å². The molecule has 4 N–H and O–H groups in total. The molecule has 5 rings (SSSR count). The zero-order valence-electron chi connectivity index (χ0n) is 21.0. The Kier molecular flexibility index (Phi) is 6.64. The van der Waals surface area contributed by atoms with Crippen LogP contribution in [-0.4, -0.2) is 32.1 Å². The largest absolute Gasteiger partial charge is 0.480 e. The third-order valence-corrected chi connectivity index (χ3v) is 6.33. The maximum atomic E-state index is 12.0. The first-order valence-electron chi connectivity index (χ1n) is 12.2. The number of carboxylic acids is 1. The van der Waals surface area contributed by atoms with Gasteiger partial charge in [-0.05, 0) is 49.6 Å². The minimum absolute atomic E-state index is 0.355. The van der Waals surface area contributed by atoms with Crippen LogP contribution < -0.4 is 10.6 Å². The molecule has 37 heavy (non-hydrogen) atoms. The Balaban J connectivity index is 1.23. The Morgan fingerprint density at radius 3 is 2.46 bits per heavy atom. The highest BCUT2D eigenvalue weighted by molar-refractivity contribution is 5.79. The van der Waals surface area contributed by atoms with Crippen LogP contribution in [-0.2, 0) is 17.8 Å². The number of carbonyl (C=O) groups is 1. The summed E-state index contributed by atoms with van der Waals surface area (Å²) in [7, 11) is 0. The summed E-state index contributed by atoms with van der Waals surface area (Å²) in [5.41, 5.74) is 8.49. The molecule has 0 radical (unpaired) electrons. The van der Waals surface area contributed by atoms with Crippen LogP contribution in [0.4, 0.5) is 11.6 Å². The molecule has 1 unspecified atom stereocenters. The standard InChI is InChI=1S/C29H29N5O3/c1-17-12-18(2)27(19(3)13-17)32-24(28(35)36)14-20-8-10-21(11-9-20)25-16-37-26(31-25)15-30-29-33-22-6-4-5-7-23(22)34-29/h4-13,16,24,32H,14-15H2,1-3H3,(H,35,36)(H2,30,33,34). The number of imidazole rings is 1. The fraction of sp³-hybridized carbons (Fsp3) is 0.207. The second kappa shape index (κ2) is 10.2. The molecule has 0 spiro atoms. The van der Waals surface area contributed by atoms with Gasteiger partial charge in [0.2, 0.25) is 11.8 Å². The summed E-state index contributed by atoms with van der Waals surface area (Å²) in [6, 6.07) is 18.9. The maximum absolute atomic E-state index is 12.0. The van der Waals surface area contributed by atoms with E-state index in [4.69, 9.17) is 4.42 Å². The molecule has 2 aromatic heterocycles. The van der Waals surface area contributed by atoms with Crippen molar-refractivity contribution in [1.82, 2.24) is 15.0 Å². The van der Waals surface area contributed by atoms with Gasteiger partial charge in [-0.15, -0.1) is 0 Å². The van der Waals surface area contributed by atoms with Crippen LogP contribution in [0.3, 0.4) is 0 Å². The number of hydrogen-bond acceptors (Lipinski definition) is 6. The van der Waals surface area contributed by atoms with Crippen molar-refractivity contribution in [3.8, 4) is 11.3 Å². The fourth-order valence-corrected chi connectivity index (χ4v) is 4.55. The average molecular weight is 496 g/mol. The monoisotopic (exact) mass is 495 g/mol. The van der Waals surface area contributed by atoms with Gasteiger partial charge >= 0.3 is 5.97 Å². The van der Waals surface area contributed by atoms with E-state index in [1.54, 1.807) is 6.26 Å². The molecule has 0 bridgehead atoms. The van der Waals surface area contributed by atoms with Gasteiger partial charge in [-0.25, -0.2) is 14.8 Å². The quantitative estimate of drug-likeness (QED) is 0.202. The van der Waals surface area contributed by atoms with E-state index >= 15 is 0 Å². The van der Waals surface area contributed by atoms with E-state index in [0.717, 1.165) is 44.5 Å². The molecule has 0 saturated carbocycles. The number of aromatic nitrogens is 3. The number of fused-ring (bicyclic) bond motifs is 1. The summed E-state index contributed by atoms with van der Waals surface area (Å²) in [5, 5.41) is 16.3. The number of hydrogen-bond donors (Lipinski definition) is 4. The molecule has 0 aliphatic heterocycles. The molecule has 0 saturated heterocycles. The Hall–Kier alpha value is -4.59. The molecule has 1 atom stereocenters. The summed E-state index contributed by atoms with van der Waals surface area (Å²) in [4.78, 5) is 24.3. The first-order valence-corrected chi connectivity index (χ1v) is 12.2. The van der Waals surface area contributed by atoms with Crippen molar-refractivity contribution >= 4 is 28.6 Å². The molecule has 0 aliphatic rings. The van der Waals surface area contributed by atoms with E-state index in [9.17, 15) is 9.90 Å². The van der Waals surface area contributed by atoms with Gasteiger partial charge in [0.1, 0.15) is 18.0 Å². The number of oxazole rings is 1. The number of carboxylic acid groups (broad SMARTS) is 1. The number of nitrogens with one attached hydrogen (secondary N) is 3. The minimum Gasteiger partial charge on any atom is -0.480 e. The topological polar surface area (TPSA) is 116 Å². The van der Waals surface area contributed by atoms with Gasteiger partial charge in [-0.1, -0.05) is 54.1 Å². The number of aryl methyl sites for hydroxylation is 3. The number of benzene rings is 3. The Bertz CT molecular complexity index is 1500. The molecule has 0 aliphatic carbocycles. The molecule has 2 heterocycles. The Morgan fingerprint density at radius 1 is 1.03 bits per heavy atom. The fourth-order valence-electron chi connectivity index (χ4n) is 4.55. The highest BCUT2D eigenvalue weighted by Crippen LogP contribution is 2.25. The second-order valence-electron chi connectivity index (χ2n) is 9.29. The summed E-state index contributed by atoms with van der Waals surface area (Å²) >= 11 is 0. The van der Waals surface area contributed by atoms with Crippen molar-refractivity contribution < 1.29 is 14.3 Å². The maximum Gasteiger partial charge on any atom is 0.326 e. The summed E-state index contributed by atoms with van der Waals surface area (Å²) < 4.78 is 5.64. The molecule has 8 nitrogen and oxygen atoms in total. The average Bonchev–Trinajstić information content (AvgIpc) is 3.51. The van der Waals surface area contributed by atoms with E-state index in [2.05, 4.69) is 37.7 Å². The lowest BCUT2D eigenvalue weighted by atomic mass is 10.0. The first-order chi connectivity index (χ1) is 17.9. The molecule has 3 aromatic carbocycles. The van der Waals surface area contributed by atoms with Gasteiger partial charge in [-0.2, -0.15) is 0 Å². The number of rotatable bonds is 9. The number of aromatic amines is 1. The molecule has 0 fully saturated rings. The number of aliphatic carboxylic acids is 1. The summed E-state index contributed by atoms with van der Waals surface area (Å²) in [5.74, 6) is 0.308. The zero-order valence-corrected chi connectivity index (χ0v) is 21.0. The lowest BCUT2D eigenvalue weighted by Crippen LogP contribution is -2.32. The summed E-state index contributed by atoms with van der Waals surface area (Å²) in [6.07, 6.45) is 1.98. The van der Waals surface area contributed by atoms with Crippen LogP contribution in [0, 0.1) is 20.8 Å². The van der Waals surface area contributed by atoms with Crippen molar-refractivity contribution in [1.29, 1.82) is 0 Å². The van der Waals surface area contributed by atoms with Crippen LogP contribution in [0.1, 0.15) is 28.1 Å². The van der Waals surface area contributed by atoms with Crippen molar-refractivity contribution in [3.05, 3.63) is 95.1 Å². The van der Waals surface area contributed by atoms with Gasteiger partial charge in [0, 0.05) is 17.7 Å². The van der Waals surface area contributed by atoms with Crippen LogP contribution in [0.15, 0.2) is 71.3 Å². The highest BCUT2D eigenvalue weighted by atomic mass is 16.4. The molecule has 188 valence electrons. The lowest BCUT2D eigenvalue weighted by Gasteiger charge is -2.20. The number of anilines is 2. The smallest absolute Gasteiger partial charge is 0.326 e. The second-order valence-corrected chi connectivity index (χ2v) is 9.29. The minimum atomic E-state index is -0.887. The summed E-state index contributed by atoms with van der Waals surface area (Å²) in [6.45, 7) is 6.42. The van der Waals surface area contributed by atoms with Gasteiger partial charge in [0.05, 0.1) is 17.6 Å². The van der Waals surface area contributed by atoms with Gasteiger partial charge in [0.15, 0.2) is 0 Å². The molecule has 5 aromatic rings. The molecular weight excluding hydrogens is 466 g/mol. The van der Waals surface area contributed by atoms with E-state index in [0.29, 0.717) is 30.5 Å². The van der Waals surface area contributed by atoms with Crippen LogP contribution in [0.25, 0.3) is 22.3 Å². The van der Waals surface area contributed by atoms with Gasteiger partial charge < -0.3 is 25.1 Å². The number of H-pyrrole nitrogens is 1. The van der Waals surface area contributed by atoms with E-state index < -0.39 is 12.0 Å². The Morgan fingerprint density at radius 2 is 1.76 bits per heavy atom. The first kappa shape index (κ1) is 24.1. The van der Waals surface area contributed by atoms with Crippen molar-refractivity contribution in [2.75, 3.05) is 10.6 Å². The van der Waals surface area contributed by atoms with E-state index in [-0.39, 0.29) is 0 Å². The van der Waals surface area contributed by atoms with Gasteiger partial charge in [-0.3, -0.25) is 0 Å². The normalized spacial score (nSPS) is 12.0. The van der Waals surface area contributed by atoms with E-state index in [1.807, 2.05) is 69.3 Å². The molecular formula is C29H29N5O3. The predicted octanol–water partition coefficient (Wildman–Crippen LogP) is 5.86. The number of para-hydroxylation sites is 2. The SMILES string of the molecule is Cc1cc(C)c(NC(Cc2ccc(-c3coc(CNc4nc5ccccc5[nH]4)n3)cc2)C(=O)O)c(C)c1. The molecule has 0 amide bonds. The lowest BCUT2D eigenvalue weighted by molar-refractivity contribution is -0.137. The molecule has 8 heteroatoms. The number of nitrogens with zero attached hydrogens (tertiary/aromatic N) is 2. The Labute approximate surface area is 214 Å².